The van der Waals surface area contributed by atoms with E-state index in [2.05, 4.69) is 25.1 Å². The Kier molecular flexibility index (Phi) is 3.29. The van der Waals surface area contributed by atoms with Crippen LogP contribution in [0.3, 0.4) is 0 Å². The second-order valence-corrected chi connectivity index (χ2v) is 7.03. The fourth-order valence-electron chi connectivity index (χ4n) is 3.70. The second kappa shape index (κ2) is 5.28. The van der Waals surface area contributed by atoms with Gasteiger partial charge in [-0.1, -0.05) is 37.3 Å². The van der Waals surface area contributed by atoms with Gasteiger partial charge < -0.3 is 4.74 Å². The number of allylic oxidation sites excluding steroid dienone is 1. The minimum Gasteiger partial charge on any atom is -0.451 e. The molecular weight excluding hydrogens is 318 g/mol. The van der Waals surface area contributed by atoms with E-state index in [4.69, 9.17) is 4.74 Å². The molecule has 2 aliphatic rings. The van der Waals surface area contributed by atoms with Crippen molar-refractivity contribution in [2.75, 3.05) is 0 Å². The van der Waals surface area contributed by atoms with Crippen LogP contribution in [0.5, 0.6) is 0 Å². The third-order valence-corrected chi connectivity index (χ3v) is 5.27. The fraction of sp³-hybridized carbons (Fsp3) is 0.250. The number of benzene rings is 2. The van der Waals surface area contributed by atoms with E-state index >= 15 is 0 Å². The number of nitro benzene ring substituents is 1. The minimum absolute atomic E-state index is 0.0434. The number of nitrogens with zero attached hydrogens (tertiary/aromatic N) is 1. The standard InChI is InChI=1S/C20H17NO4/c1-19-11-16(14-5-3-2-4-6-14)12-20(19,13-19)25-18(22)15-7-9-17(10-8-15)21(23)24/h2-10,12H,11,13H2,1H3/t19-,20-/m0/s1. The largest absolute Gasteiger partial charge is 0.451 e. The van der Waals surface area contributed by atoms with Gasteiger partial charge >= 0.3 is 5.97 Å². The highest BCUT2D eigenvalue weighted by Gasteiger charge is 2.69. The monoisotopic (exact) mass is 335 g/mol. The van der Waals surface area contributed by atoms with Crippen molar-refractivity contribution in [1.29, 1.82) is 0 Å². The predicted molar refractivity (Wildman–Crippen MR) is 93.0 cm³/mol. The van der Waals surface area contributed by atoms with Gasteiger partial charge in [0.2, 0.25) is 0 Å². The average Bonchev–Trinajstić information content (AvgIpc) is 3.06. The summed E-state index contributed by atoms with van der Waals surface area (Å²) in [6, 6.07) is 15.6. The predicted octanol–water partition coefficient (Wildman–Crippen LogP) is 4.39. The van der Waals surface area contributed by atoms with Gasteiger partial charge in [0.05, 0.1) is 10.5 Å². The third-order valence-electron chi connectivity index (χ3n) is 5.27. The van der Waals surface area contributed by atoms with E-state index in [0.717, 1.165) is 18.4 Å². The summed E-state index contributed by atoms with van der Waals surface area (Å²) in [4.78, 5) is 22.7. The smallest absolute Gasteiger partial charge is 0.339 e. The number of carbonyl (C=O) groups excluding carboxylic acids is 1. The summed E-state index contributed by atoms with van der Waals surface area (Å²) < 4.78 is 5.83. The van der Waals surface area contributed by atoms with Crippen LogP contribution in [0, 0.1) is 15.5 Å². The van der Waals surface area contributed by atoms with Crippen LogP contribution in [0.15, 0.2) is 60.7 Å². The van der Waals surface area contributed by atoms with Crippen LogP contribution < -0.4 is 0 Å². The molecule has 0 aromatic heterocycles. The Morgan fingerprint density at radius 1 is 1.12 bits per heavy atom. The van der Waals surface area contributed by atoms with Crippen molar-refractivity contribution < 1.29 is 14.5 Å². The van der Waals surface area contributed by atoms with Crippen molar-refractivity contribution in [3.05, 3.63) is 81.9 Å². The number of fused-ring (bicyclic) bond motifs is 1. The van der Waals surface area contributed by atoms with Crippen molar-refractivity contribution in [2.24, 2.45) is 5.41 Å². The SMILES string of the molecule is C[C@@]12CC(c3ccccc3)=C[C@]1(OC(=O)c1ccc([N+](=O)[O-])cc1)C2. The van der Waals surface area contributed by atoms with Crippen molar-refractivity contribution in [1.82, 2.24) is 0 Å². The number of hydrogen-bond donors (Lipinski definition) is 0. The zero-order valence-electron chi connectivity index (χ0n) is 13.8. The van der Waals surface area contributed by atoms with E-state index in [9.17, 15) is 14.9 Å². The molecule has 2 aromatic carbocycles. The van der Waals surface area contributed by atoms with Crippen LogP contribution in [0.2, 0.25) is 0 Å². The van der Waals surface area contributed by atoms with E-state index in [1.165, 1.54) is 29.8 Å². The summed E-state index contributed by atoms with van der Waals surface area (Å²) in [6.45, 7) is 2.13. The average molecular weight is 335 g/mol. The molecule has 0 bridgehead atoms. The molecule has 126 valence electrons. The first-order valence-corrected chi connectivity index (χ1v) is 8.17. The van der Waals surface area contributed by atoms with Crippen LogP contribution in [-0.2, 0) is 4.74 Å². The quantitative estimate of drug-likeness (QED) is 0.472. The minimum atomic E-state index is -0.558. The summed E-state index contributed by atoms with van der Waals surface area (Å²) in [7, 11) is 0. The van der Waals surface area contributed by atoms with E-state index in [-0.39, 0.29) is 11.1 Å². The first-order chi connectivity index (χ1) is 11.9. The number of hydrogen-bond acceptors (Lipinski definition) is 4. The highest BCUT2D eigenvalue weighted by atomic mass is 16.6. The lowest BCUT2D eigenvalue weighted by molar-refractivity contribution is -0.384. The van der Waals surface area contributed by atoms with Crippen LogP contribution in [0.4, 0.5) is 5.69 Å². The molecule has 5 nitrogen and oxygen atoms in total. The Labute approximate surface area is 145 Å². The highest BCUT2D eigenvalue weighted by molar-refractivity contribution is 5.91. The summed E-state index contributed by atoms with van der Waals surface area (Å²) >= 11 is 0. The van der Waals surface area contributed by atoms with E-state index in [0.29, 0.717) is 5.56 Å². The van der Waals surface area contributed by atoms with Gasteiger partial charge in [-0.2, -0.15) is 0 Å². The molecular formula is C20H17NO4. The lowest BCUT2D eigenvalue weighted by Gasteiger charge is -2.15. The molecule has 0 unspecified atom stereocenters. The summed E-state index contributed by atoms with van der Waals surface area (Å²) in [5, 5.41) is 10.7. The van der Waals surface area contributed by atoms with Gasteiger partial charge in [0.1, 0.15) is 5.60 Å². The Bertz CT molecular complexity index is 888. The molecule has 2 aromatic rings. The lowest BCUT2D eigenvalue weighted by Crippen LogP contribution is -2.21. The molecule has 0 N–H and O–H groups in total. The van der Waals surface area contributed by atoms with E-state index < -0.39 is 16.5 Å². The van der Waals surface area contributed by atoms with Gasteiger partial charge in [-0.05, 0) is 35.8 Å². The summed E-state index contributed by atoms with van der Waals surface area (Å²) in [6.07, 6.45) is 3.77. The maximum Gasteiger partial charge on any atom is 0.339 e. The first kappa shape index (κ1) is 15.6. The van der Waals surface area contributed by atoms with Gasteiger partial charge in [-0.25, -0.2) is 4.79 Å². The van der Waals surface area contributed by atoms with Gasteiger partial charge in [0.15, 0.2) is 0 Å². The topological polar surface area (TPSA) is 69.4 Å². The number of non-ortho nitro benzene ring substituents is 1. The fourth-order valence-corrected chi connectivity index (χ4v) is 3.70. The maximum absolute atomic E-state index is 12.5. The van der Waals surface area contributed by atoms with Gasteiger partial charge in [0.25, 0.3) is 5.69 Å². The molecule has 0 radical (unpaired) electrons. The molecule has 0 amide bonds. The maximum atomic E-state index is 12.5. The number of rotatable bonds is 4. The molecule has 1 saturated carbocycles. The molecule has 0 saturated heterocycles. The number of carbonyl (C=O) groups is 1. The number of nitro groups is 1. The molecule has 2 atom stereocenters. The molecule has 1 fully saturated rings. The van der Waals surface area contributed by atoms with Gasteiger partial charge in [-0.3, -0.25) is 10.1 Å². The molecule has 0 aliphatic heterocycles. The zero-order valence-corrected chi connectivity index (χ0v) is 13.8. The Balaban J connectivity index is 1.55. The van der Waals surface area contributed by atoms with Crippen LogP contribution in [-0.4, -0.2) is 16.5 Å². The van der Waals surface area contributed by atoms with Crippen molar-refractivity contribution in [2.45, 2.75) is 25.4 Å². The Hall–Kier alpha value is -2.95. The number of esters is 1. The van der Waals surface area contributed by atoms with E-state index in [1.807, 2.05) is 18.2 Å². The van der Waals surface area contributed by atoms with Crippen molar-refractivity contribution in [3.8, 4) is 0 Å². The molecule has 0 spiro atoms. The van der Waals surface area contributed by atoms with Crippen molar-refractivity contribution in [3.63, 3.8) is 0 Å². The highest BCUT2D eigenvalue weighted by Crippen LogP contribution is 2.68. The molecule has 4 rings (SSSR count). The molecule has 0 heterocycles. The van der Waals surface area contributed by atoms with Gasteiger partial charge in [-0.15, -0.1) is 0 Å². The summed E-state index contributed by atoms with van der Waals surface area (Å²) in [5.41, 5.74) is 2.02. The number of ether oxygens (including phenoxy) is 1. The normalized spacial score (nSPS) is 26.5. The molecule has 2 aliphatic carbocycles. The van der Waals surface area contributed by atoms with Crippen molar-refractivity contribution >= 4 is 17.2 Å². The Morgan fingerprint density at radius 2 is 1.80 bits per heavy atom. The summed E-state index contributed by atoms with van der Waals surface area (Å²) in [5.74, 6) is -0.441. The Morgan fingerprint density at radius 3 is 2.44 bits per heavy atom. The second-order valence-electron chi connectivity index (χ2n) is 7.03. The van der Waals surface area contributed by atoms with E-state index in [1.54, 1.807) is 0 Å². The first-order valence-electron chi connectivity index (χ1n) is 8.17. The lowest BCUT2D eigenvalue weighted by atomic mass is 9.98. The van der Waals surface area contributed by atoms with Crippen LogP contribution >= 0.6 is 0 Å². The van der Waals surface area contributed by atoms with Crippen LogP contribution in [0.25, 0.3) is 5.57 Å². The molecule has 5 heteroatoms. The van der Waals surface area contributed by atoms with Crippen LogP contribution in [0.1, 0.15) is 35.7 Å². The zero-order chi connectivity index (χ0) is 17.7. The third kappa shape index (κ3) is 2.52. The molecule has 25 heavy (non-hydrogen) atoms. The van der Waals surface area contributed by atoms with Gasteiger partial charge in [0, 0.05) is 24.0 Å².